The van der Waals surface area contributed by atoms with Gasteiger partial charge in [0.25, 0.3) is 0 Å². The summed E-state index contributed by atoms with van der Waals surface area (Å²) in [5, 5.41) is 5.00. The number of carbonyl (C=O) groups is 2. The van der Waals surface area contributed by atoms with E-state index in [2.05, 4.69) is 15.4 Å². The molecule has 1 aromatic rings. The highest BCUT2D eigenvalue weighted by molar-refractivity contribution is 5.82. The predicted octanol–water partition coefficient (Wildman–Crippen LogP) is 0.719. The van der Waals surface area contributed by atoms with Gasteiger partial charge in [-0.2, -0.15) is 0 Å². The molecule has 7 nitrogen and oxygen atoms in total. The minimum absolute atomic E-state index is 0.112. The van der Waals surface area contributed by atoms with Crippen molar-refractivity contribution in [1.29, 1.82) is 0 Å². The van der Waals surface area contributed by atoms with Crippen LogP contribution < -0.4 is 20.1 Å². The Morgan fingerprint density at radius 2 is 1.76 bits per heavy atom. The first-order chi connectivity index (χ1) is 10.1. The van der Waals surface area contributed by atoms with E-state index in [1.807, 2.05) is 18.2 Å². The molecular formula is C14H20N2O5. The zero-order valence-corrected chi connectivity index (χ0v) is 12.4. The third-order valence-corrected chi connectivity index (χ3v) is 2.76. The molecule has 2 amide bonds. The van der Waals surface area contributed by atoms with Crippen LogP contribution in [0, 0.1) is 0 Å². The monoisotopic (exact) mass is 296 g/mol. The normalized spacial score (nSPS) is 9.67. The molecule has 0 aliphatic carbocycles. The van der Waals surface area contributed by atoms with E-state index < -0.39 is 6.09 Å². The average molecular weight is 296 g/mol. The third kappa shape index (κ3) is 5.60. The highest BCUT2D eigenvalue weighted by atomic mass is 16.5. The lowest BCUT2D eigenvalue weighted by atomic mass is 10.1. The highest BCUT2D eigenvalue weighted by Crippen LogP contribution is 2.27. The Morgan fingerprint density at radius 3 is 2.38 bits per heavy atom. The van der Waals surface area contributed by atoms with Crippen molar-refractivity contribution in [2.24, 2.45) is 0 Å². The molecule has 0 atom stereocenters. The minimum atomic E-state index is -0.634. The van der Waals surface area contributed by atoms with Gasteiger partial charge in [0.1, 0.15) is 0 Å². The maximum Gasteiger partial charge on any atom is 0.407 e. The van der Waals surface area contributed by atoms with Crippen molar-refractivity contribution in [2.45, 2.75) is 6.42 Å². The summed E-state index contributed by atoms with van der Waals surface area (Å²) in [5.74, 6) is 1.03. The van der Waals surface area contributed by atoms with Gasteiger partial charge in [-0.15, -0.1) is 0 Å². The Labute approximate surface area is 123 Å². The molecule has 0 fully saturated rings. The first-order valence-corrected chi connectivity index (χ1v) is 6.40. The van der Waals surface area contributed by atoms with Crippen LogP contribution >= 0.6 is 0 Å². The number of methoxy groups -OCH3 is 3. The molecule has 2 N–H and O–H groups in total. The summed E-state index contributed by atoms with van der Waals surface area (Å²) in [4.78, 5) is 22.3. The lowest BCUT2D eigenvalue weighted by molar-refractivity contribution is -0.120. The van der Waals surface area contributed by atoms with Crippen molar-refractivity contribution in [3.8, 4) is 11.5 Å². The summed E-state index contributed by atoms with van der Waals surface area (Å²) < 4.78 is 14.7. The number of nitrogens with one attached hydrogen (secondary N) is 2. The Hall–Kier alpha value is -2.44. The van der Waals surface area contributed by atoms with E-state index in [1.54, 1.807) is 14.2 Å². The fourth-order valence-corrected chi connectivity index (χ4v) is 1.67. The fourth-order valence-electron chi connectivity index (χ4n) is 1.67. The van der Waals surface area contributed by atoms with Crippen molar-refractivity contribution in [1.82, 2.24) is 10.6 Å². The second kappa shape index (κ2) is 8.68. The van der Waals surface area contributed by atoms with Crippen LogP contribution in [-0.4, -0.2) is 46.4 Å². The van der Waals surface area contributed by atoms with Gasteiger partial charge < -0.3 is 24.8 Å². The van der Waals surface area contributed by atoms with Gasteiger partial charge in [-0.05, 0) is 24.1 Å². The number of rotatable bonds is 7. The van der Waals surface area contributed by atoms with Gasteiger partial charge in [0.15, 0.2) is 11.5 Å². The summed E-state index contributed by atoms with van der Waals surface area (Å²) in [5.41, 5.74) is 1.01. The lowest BCUT2D eigenvalue weighted by Crippen LogP contribution is -2.37. The van der Waals surface area contributed by atoms with Gasteiger partial charge >= 0.3 is 6.09 Å². The van der Waals surface area contributed by atoms with Crippen LogP contribution in [-0.2, 0) is 16.0 Å². The average Bonchev–Trinajstić information content (AvgIpc) is 2.52. The summed E-state index contributed by atoms with van der Waals surface area (Å²) >= 11 is 0. The van der Waals surface area contributed by atoms with Crippen molar-refractivity contribution in [3.63, 3.8) is 0 Å². The number of alkyl carbamates (subject to hydrolysis) is 1. The molecule has 7 heteroatoms. The molecular weight excluding hydrogens is 276 g/mol. The number of hydrogen-bond donors (Lipinski definition) is 2. The smallest absolute Gasteiger partial charge is 0.407 e. The lowest BCUT2D eigenvalue weighted by Gasteiger charge is -2.10. The molecule has 1 aromatic carbocycles. The first-order valence-electron chi connectivity index (χ1n) is 6.40. The van der Waals surface area contributed by atoms with Crippen molar-refractivity contribution >= 4 is 12.0 Å². The fraction of sp³-hybridized carbons (Fsp3) is 0.429. The first kappa shape index (κ1) is 16.6. The standard InChI is InChI=1S/C14H20N2O5/c1-19-11-5-4-10(8-12(11)20-2)6-7-15-13(17)9-16-14(18)21-3/h4-5,8H,6-7,9H2,1-3H3,(H,15,17)(H,16,18). The Kier molecular flexibility index (Phi) is 6.86. The van der Waals surface area contributed by atoms with E-state index in [0.717, 1.165) is 5.56 Å². The maximum atomic E-state index is 11.5. The molecule has 0 bridgehead atoms. The van der Waals surface area contributed by atoms with Crippen LogP contribution in [0.2, 0.25) is 0 Å². The summed E-state index contributed by atoms with van der Waals surface area (Å²) in [6, 6.07) is 5.58. The van der Waals surface area contributed by atoms with Crippen LogP contribution in [0.15, 0.2) is 18.2 Å². The molecule has 1 rings (SSSR count). The zero-order valence-electron chi connectivity index (χ0n) is 12.4. The van der Waals surface area contributed by atoms with Crippen molar-refractivity contribution in [3.05, 3.63) is 23.8 Å². The molecule has 0 aromatic heterocycles. The largest absolute Gasteiger partial charge is 0.493 e. The SMILES string of the molecule is COC(=O)NCC(=O)NCCc1ccc(OC)c(OC)c1. The van der Waals surface area contributed by atoms with Crippen LogP contribution in [0.5, 0.6) is 11.5 Å². The zero-order chi connectivity index (χ0) is 15.7. The van der Waals surface area contributed by atoms with Gasteiger partial charge in [0.05, 0.1) is 27.9 Å². The van der Waals surface area contributed by atoms with E-state index in [-0.39, 0.29) is 12.5 Å². The molecule has 0 unspecified atom stereocenters. The van der Waals surface area contributed by atoms with E-state index >= 15 is 0 Å². The van der Waals surface area contributed by atoms with Gasteiger partial charge in [-0.1, -0.05) is 6.07 Å². The van der Waals surface area contributed by atoms with Crippen LogP contribution in [0.1, 0.15) is 5.56 Å². The molecule has 0 saturated carbocycles. The van der Waals surface area contributed by atoms with Crippen LogP contribution in [0.3, 0.4) is 0 Å². The molecule has 0 saturated heterocycles. The minimum Gasteiger partial charge on any atom is -0.493 e. The van der Waals surface area contributed by atoms with Crippen LogP contribution in [0.25, 0.3) is 0 Å². The van der Waals surface area contributed by atoms with E-state index in [1.165, 1.54) is 7.11 Å². The van der Waals surface area contributed by atoms with Gasteiger partial charge in [-0.3, -0.25) is 4.79 Å². The quantitative estimate of drug-likeness (QED) is 0.774. The number of carbonyl (C=O) groups excluding carboxylic acids is 2. The highest BCUT2D eigenvalue weighted by Gasteiger charge is 2.06. The van der Waals surface area contributed by atoms with E-state index in [4.69, 9.17) is 9.47 Å². The van der Waals surface area contributed by atoms with Gasteiger partial charge in [0, 0.05) is 6.54 Å². The maximum absolute atomic E-state index is 11.5. The summed E-state index contributed by atoms with van der Waals surface area (Å²) in [6.45, 7) is 0.343. The Morgan fingerprint density at radius 1 is 1.05 bits per heavy atom. The summed E-state index contributed by atoms with van der Waals surface area (Å²) in [6.07, 6.45) is 0.00895. The number of amides is 2. The van der Waals surface area contributed by atoms with Crippen molar-refractivity contribution in [2.75, 3.05) is 34.4 Å². The molecule has 0 radical (unpaired) electrons. The predicted molar refractivity (Wildman–Crippen MR) is 76.7 cm³/mol. The molecule has 0 aliphatic rings. The Bertz CT molecular complexity index is 490. The van der Waals surface area contributed by atoms with Gasteiger partial charge in [-0.25, -0.2) is 4.79 Å². The molecule has 0 heterocycles. The van der Waals surface area contributed by atoms with Crippen LogP contribution in [0.4, 0.5) is 4.79 Å². The molecule has 21 heavy (non-hydrogen) atoms. The second-order valence-electron chi connectivity index (χ2n) is 4.13. The van der Waals surface area contributed by atoms with E-state index in [0.29, 0.717) is 24.5 Å². The molecule has 116 valence electrons. The molecule has 0 spiro atoms. The summed E-state index contributed by atoms with van der Waals surface area (Å²) in [7, 11) is 4.39. The number of ether oxygens (including phenoxy) is 3. The second-order valence-corrected chi connectivity index (χ2v) is 4.13. The number of benzene rings is 1. The molecule has 0 aliphatic heterocycles. The topological polar surface area (TPSA) is 85.9 Å². The van der Waals surface area contributed by atoms with Crippen molar-refractivity contribution < 1.29 is 23.8 Å². The van der Waals surface area contributed by atoms with Gasteiger partial charge in [0.2, 0.25) is 5.91 Å². The number of hydrogen-bond acceptors (Lipinski definition) is 5. The Balaban J connectivity index is 2.38. The third-order valence-electron chi connectivity index (χ3n) is 2.76. The van der Waals surface area contributed by atoms with E-state index in [9.17, 15) is 9.59 Å².